The number of pyridine rings is 1. The van der Waals surface area contributed by atoms with E-state index in [9.17, 15) is 14.7 Å². The maximum absolute atomic E-state index is 13.1. The monoisotopic (exact) mass is 416 g/mol. The van der Waals surface area contributed by atoms with Crippen molar-refractivity contribution in [2.24, 2.45) is 0 Å². The number of methoxy groups -OCH3 is 1. The van der Waals surface area contributed by atoms with Gasteiger partial charge in [0.2, 0.25) is 0 Å². The number of carbonyl (C=O) groups excluding carboxylic acids is 2. The SMILES string of the molecule is COc1cccc(C2C(C(=O)/C=C/c3ccco3)=C(O)C(=O)N2Cc2cccnc2)c1. The number of ketones is 1. The van der Waals surface area contributed by atoms with Gasteiger partial charge in [0.05, 0.1) is 25.0 Å². The maximum Gasteiger partial charge on any atom is 0.290 e. The van der Waals surface area contributed by atoms with Gasteiger partial charge in [-0.3, -0.25) is 14.6 Å². The lowest BCUT2D eigenvalue weighted by Crippen LogP contribution is -2.30. The largest absolute Gasteiger partial charge is 0.503 e. The number of amides is 1. The molecule has 0 fully saturated rings. The van der Waals surface area contributed by atoms with E-state index in [1.54, 1.807) is 54.9 Å². The zero-order valence-electron chi connectivity index (χ0n) is 16.8. The first-order valence-electron chi connectivity index (χ1n) is 9.61. The van der Waals surface area contributed by atoms with E-state index >= 15 is 0 Å². The molecule has 156 valence electrons. The summed E-state index contributed by atoms with van der Waals surface area (Å²) in [5, 5.41) is 10.7. The number of ether oxygens (including phenoxy) is 1. The van der Waals surface area contributed by atoms with Crippen LogP contribution in [0.2, 0.25) is 0 Å². The number of hydrogen-bond donors (Lipinski definition) is 1. The summed E-state index contributed by atoms with van der Waals surface area (Å²) in [6.07, 6.45) is 7.56. The Balaban J connectivity index is 1.75. The molecule has 0 spiro atoms. The van der Waals surface area contributed by atoms with Crippen molar-refractivity contribution in [3.8, 4) is 5.75 Å². The topological polar surface area (TPSA) is 92.9 Å². The fraction of sp³-hybridized carbons (Fsp3) is 0.125. The number of allylic oxidation sites excluding steroid dienone is 1. The Labute approximate surface area is 178 Å². The molecule has 0 radical (unpaired) electrons. The number of furan rings is 1. The summed E-state index contributed by atoms with van der Waals surface area (Å²) in [7, 11) is 1.54. The van der Waals surface area contributed by atoms with Crippen LogP contribution in [0.3, 0.4) is 0 Å². The van der Waals surface area contributed by atoms with Gasteiger partial charge in [-0.15, -0.1) is 0 Å². The molecule has 0 saturated heterocycles. The Morgan fingerprint density at radius 3 is 2.84 bits per heavy atom. The smallest absolute Gasteiger partial charge is 0.290 e. The van der Waals surface area contributed by atoms with Crippen molar-refractivity contribution >= 4 is 17.8 Å². The van der Waals surface area contributed by atoms with Crippen LogP contribution in [-0.4, -0.2) is 33.8 Å². The van der Waals surface area contributed by atoms with Gasteiger partial charge in [-0.2, -0.15) is 0 Å². The van der Waals surface area contributed by atoms with E-state index in [2.05, 4.69) is 4.98 Å². The van der Waals surface area contributed by atoms with Gasteiger partial charge in [0.25, 0.3) is 5.91 Å². The molecule has 1 atom stereocenters. The van der Waals surface area contributed by atoms with Crippen molar-refractivity contribution < 1.29 is 23.8 Å². The molecule has 0 saturated carbocycles. The molecule has 7 heteroatoms. The zero-order chi connectivity index (χ0) is 21.8. The van der Waals surface area contributed by atoms with Gasteiger partial charge in [0, 0.05) is 18.9 Å². The molecule has 1 aliphatic heterocycles. The normalized spacial score (nSPS) is 16.4. The zero-order valence-corrected chi connectivity index (χ0v) is 16.8. The van der Waals surface area contributed by atoms with Crippen LogP contribution in [0.15, 0.2) is 89.0 Å². The van der Waals surface area contributed by atoms with Gasteiger partial charge < -0.3 is 19.2 Å². The summed E-state index contributed by atoms with van der Waals surface area (Å²) in [6, 6.07) is 13.3. The molecule has 1 aromatic carbocycles. The van der Waals surface area contributed by atoms with Crippen molar-refractivity contribution in [2.45, 2.75) is 12.6 Å². The molecule has 4 rings (SSSR count). The van der Waals surface area contributed by atoms with Crippen molar-refractivity contribution in [2.75, 3.05) is 7.11 Å². The number of benzene rings is 1. The minimum Gasteiger partial charge on any atom is -0.503 e. The number of aliphatic hydroxyl groups excluding tert-OH is 1. The van der Waals surface area contributed by atoms with E-state index < -0.39 is 23.5 Å². The highest BCUT2D eigenvalue weighted by Gasteiger charge is 2.43. The number of carbonyl (C=O) groups is 2. The van der Waals surface area contributed by atoms with E-state index in [4.69, 9.17) is 9.15 Å². The highest BCUT2D eigenvalue weighted by atomic mass is 16.5. The van der Waals surface area contributed by atoms with Gasteiger partial charge >= 0.3 is 0 Å². The standard InChI is InChI=1S/C24H20N2O5/c1-30-19-7-2-6-17(13-19)22-21(20(27)10-9-18-8-4-12-31-18)23(28)24(29)26(22)15-16-5-3-11-25-14-16/h2-14,22,28H,15H2,1H3/b10-9+. The summed E-state index contributed by atoms with van der Waals surface area (Å²) in [6.45, 7) is 0.178. The van der Waals surface area contributed by atoms with Gasteiger partial charge in [-0.25, -0.2) is 0 Å². The van der Waals surface area contributed by atoms with Crippen molar-refractivity contribution in [1.82, 2.24) is 9.88 Å². The minimum absolute atomic E-state index is 0.00458. The molecule has 7 nitrogen and oxygen atoms in total. The van der Waals surface area contributed by atoms with Crippen LogP contribution in [0.4, 0.5) is 0 Å². The summed E-state index contributed by atoms with van der Waals surface area (Å²) in [5.74, 6) is -0.598. The Kier molecular flexibility index (Phi) is 5.66. The van der Waals surface area contributed by atoms with Crippen molar-refractivity contribution in [3.63, 3.8) is 0 Å². The first-order chi connectivity index (χ1) is 15.1. The number of nitrogens with zero attached hydrogens (tertiary/aromatic N) is 2. The molecule has 1 unspecified atom stereocenters. The van der Waals surface area contributed by atoms with E-state index in [1.165, 1.54) is 30.4 Å². The van der Waals surface area contributed by atoms with Crippen LogP contribution in [0.25, 0.3) is 6.08 Å². The van der Waals surface area contributed by atoms with Crippen LogP contribution in [0.1, 0.15) is 22.9 Å². The van der Waals surface area contributed by atoms with Crippen LogP contribution < -0.4 is 4.74 Å². The van der Waals surface area contributed by atoms with Crippen molar-refractivity contribution in [1.29, 1.82) is 0 Å². The second-order valence-corrected chi connectivity index (χ2v) is 6.95. The maximum atomic E-state index is 13.1. The summed E-state index contributed by atoms with van der Waals surface area (Å²) >= 11 is 0. The molecular weight excluding hydrogens is 396 g/mol. The van der Waals surface area contributed by atoms with Crippen molar-refractivity contribution in [3.05, 3.63) is 101 Å². The molecule has 3 heterocycles. The highest BCUT2D eigenvalue weighted by Crippen LogP contribution is 2.39. The molecular formula is C24H20N2O5. The summed E-state index contributed by atoms with van der Waals surface area (Å²) in [5.41, 5.74) is 1.43. The second kappa shape index (κ2) is 8.71. The predicted molar refractivity (Wildman–Crippen MR) is 113 cm³/mol. The number of rotatable bonds is 7. The summed E-state index contributed by atoms with van der Waals surface area (Å²) < 4.78 is 10.5. The van der Waals surface area contributed by atoms with Gasteiger partial charge in [0.15, 0.2) is 11.5 Å². The Morgan fingerprint density at radius 1 is 1.26 bits per heavy atom. The van der Waals surface area contributed by atoms with Crippen LogP contribution >= 0.6 is 0 Å². The molecule has 1 N–H and O–H groups in total. The third-order valence-corrected chi connectivity index (χ3v) is 5.00. The number of aromatic nitrogens is 1. The Bertz CT molecular complexity index is 1150. The number of hydrogen-bond acceptors (Lipinski definition) is 6. The molecule has 0 bridgehead atoms. The van der Waals surface area contributed by atoms with Crippen LogP contribution in [0.5, 0.6) is 5.75 Å². The third-order valence-electron chi connectivity index (χ3n) is 5.00. The fourth-order valence-corrected chi connectivity index (χ4v) is 3.55. The van der Waals surface area contributed by atoms with Gasteiger partial charge in [-0.1, -0.05) is 18.2 Å². The van der Waals surface area contributed by atoms with E-state index in [0.717, 1.165) is 5.56 Å². The first kappa shape index (κ1) is 20.2. The lowest BCUT2D eigenvalue weighted by molar-refractivity contribution is -0.130. The van der Waals surface area contributed by atoms with Gasteiger partial charge in [-0.05, 0) is 53.6 Å². The average Bonchev–Trinajstić information content (AvgIpc) is 3.41. The Hall–Kier alpha value is -4.13. The van der Waals surface area contributed by atoms with Crippen LogP contribution in [0, 0.1) is 0 Å². The molecule has 2 aromatic heterocycles. The van der Waals surface area contributed by atoms with E-state index in [1.807, 2.05) is 6.07 Å². The lowest BCUT2D eigenvalue weighted by Gasteiger charge is -2.26. The molecule has 3 aromatic rings. The number of aliphatic hydroxyl groups is 1. The third kappa shape index (κ3) is 4.11. The molecule has 31 heavy (non-hydrogen) atoms. The Morgan fingerprint density at radius 2 is 2.13 bits per heavy atom. The fourth-order valence-electron chi connectivity index (χ4n) is 3.55. The molecule has 1 amide bonds. The van der Waals surface area contributed by atoms with E-state index in [-0.39, 0.29) is 12.1 Å². The quantitative estimate of drug-likeness (QED) is 0.588. The second-order valence-electron chi connectivity index (χ2n) is 6.95. The van der Waals surface area contributed by atoms with Crippen LogP contribution in [-0.2, 0) is 16.1 Å². The highest BCUT2D eigenvalue weighted by molar-refractivity contribution is 6.14. The summed E-state index contributed by atoms with van der Waals surface area (Å²) in [4.78, 5) is 31.6. The molecule has 0 aliphatic carbocycles. The minimum atomic E-state index is -0.781. The first-order valence-corrected chi connectivity index (χ1v) is 9.61. The van der Waals surface area contributed by atoms with Gasteiger partial charge in [0.1, 0.15) is 11.5 Å². The van der Waals surface area contributed by atoms with E-state index in [0.29, 0.717) is 17.1 Å². The lowest BCUT2D eigenvalue weighted by atomic mass is 9.95. The molecule has 1 aliphatic rings. The predicted octanol–water partition coefficient (Wildman–Crippen LogP) is 3.86. The average molecular weight is 416 g/mol.